The van der Waals surface area contributed by atoms with Crippen LogP contribution in [0.25, 0.3) is 0 Å². The Morgan fingerprint density at radius 2 is 2.07 bits per heavy atom. The minimum atomic E-state index is -0.0383. The SMILES string of the molecule is CCCCOc1ccc(CNC(=O)N2CCC(c3nncn3C)CC2)cc1OC. The Morgan fingerprint density at radius 1 is 1.28 bits per heavy atom. The Hall–Kier alpha value is -2.77. The average molecular weight is 402 g/mol. The minimum absolute atomic E-state index is 0.0383. The van der Waals surface area contributed by atoms with Gasteiger partial charge in [-0.3, -0.25) is 0 Å². The molecule has 2 heterocycles. The summed E-state index contributed by atoms with van der Waals surface area (Å²) in [4.78, 5) is 14.4. The largest absolute Gasteiger partial charge is 0.493 e. The van der Waals surface area contributed by atoms with Crippen molar-refractivity contribution in [1.29, 1.82) is 0 Å². The molecule has 1 aliphatic rings. The number of hydrogen-bond acceptors (Lipinski definition) is 5. The van der Waals surface area contributed by atoms with Crippen molar-refractivity contribution in [3.05, 3.63) is 35.9 Å². The summed E-state index contributed by atoms with van der Waals surface area (Å²) in [5.41, 5.74) is 0.979. The van der Waals surface area contributed by atoms with E-state index in [-0.39, 0.29) is 6.03 Å². The summed E-state index contributed by atoms with van der Waals surface area (Å²) >= 11 is 0. The van der Waals surface area contributed by atoms with Crippen molar-refractivity contribution in [1.82, 2.24) is 25.0 Å². The molecule has 0 radical (unpaired) electrons. The van der Waals surface area contributed by atoms with E-state index in [1.165, 1.54) is 0 Å². The molecule has 8 nitrogen and oxygen atoms in total. The smallest absolute Gasteiger partial charge is 0.317 e. The molecule has 1 aromatic carbocycles. The van der Waals surface area contributed by atoms with Crippen molar-refractivity contribution in [2.45, 2.75) is 45.1 Å². The van der Waals surface area contributed by atoms with Crippen molar-refractivity contribution in [2.75, 3.05) is 26.8 Å². The number of aryl methyl sites for hydroxylation is 1. The molecule has 0 bridgehead atoms. The van der Waals surface area contributed by atoms with Gasteiger partial charge in [-0.2, -0.15) is 0 Å². The normalized spacial score (nSPS) is 14.7. The van der Waals surface area contributed by atoms with Crippen LogP contribution in [0.5, 0.6) is 11.5 Å². The van der Waals surface area contributed by atoms with Crippen LogP contribution in [-0.2, 0) is 13.6 Å². The van der Waals surface area contributed by atoms with Crippen molar-refractivity contribution in [3.63, 3.8) is 0 Å². The van der Waals surface area contributed by atoms with E-state index < -0.39 is 0 Å². The molecule has 0 spiro atoms. The van der Waals surface area contributed by atoms with Crippen LogP contribution in [-0.4, -0.2) is 52.5 Å². The molecule has 158 valence electrons. The lowest BCUT2D eigenvalue weighted by Crippen LogP contribution is -2.44. The highest BCUT2D eigenvalue weighted by Crippen LogP contribution is 2.29. The second kappa shape index (κ2) is 10.1. The summed E-state index contributed by atoms with van der Waals surface area (Å²) in [5.74, 6) is 2.79. The highest BCUT2D eigenvalue weighted by atomic mass is 16.5. The Labute approximate surface area is 172 Å². The summed E-state index contributed by atoms with van der Waals surface area (Å²) in [6, 6.07) is 5.75. The molecule has 1 fully saturated rings. The zero-order valence-electron chi connectivity index (χ0n) is 17.6. The summed E-state index contributed by atoms with van der Waals surface area (Å²) in [5, 5.41) is 11.2. The molecule has 2 aromatic rings. The summed E-state index contributed by atoms with van der Waals surface area (Å²) in [7, 11) is 3.59. The van der Waals surface area contributed by atoms with Crippen molar-refractivity contribution < 1.29 is 14.3 Å². The first-order valence-electron chi connectivity index (χ1n) is 10.3. The molecule has 8 heteroatoms. The fraction of sp³-hybridized carbons (Fsp3) is 0.571. The van der Waals surface area contributed by atoms with Gasteiger partial charge in [-0.15, -0.1) is 10.2 Å². The number of methoxy groups -OCH3 is 1. The first kappa shape index (κ1) is 21.0. The van der Waals surface area contributed by atoms with Gasteiger partial charge in [0.1, 0.15) is 12.2 Å². The van der Waals surface area contributed by atoms with Gasteiger partial charge < -0.3 is 24.3 Å². The number of nitrogens with zero attached hydrogens (tertiary/aromatic N) is 4. The number of carbonyl (C=O) groups excluding carboxylic acids is 1. The molecule has 3 rings (SSSR count). The standard InChI is InChI=1S/C21H31N5O3/c1-4-5-12-29-18-7-6-16(13-19(18)28-3)14-22-21(27)26-10-8-17(9-11-26)20-24-23-15-25(20)2/h6-7,13,15,17H,4-5,8-12,14H2,1-3H3,(H,22,27). The molecular formula is C21H31N5O3. The van der Waals surface area contributed by atoms with Gasteiger partial charge in [0.05, 0.1) is 13.7 Å². The van der Waals surface area contributed by atoms with Gasteiger partial charge in [0.15, 0.2) is 11.5 Å². The van der Waals surface area contributed by atoms with E-state index in [9.17, 15) is 4.79 Å². The maximum atomic E-state index is 12.6. The lowest BCUT2D eigenvalue weighted by molar-refractivity contribution is 0.179. The lowest BCUT2D eigenvalue weighted by Gasteiger charge is -2.31. The monoisotopic (exact) mass is 401 g/mol. The number of likely N-dealkylation sites (tertiary alicyclic amines) is 1. The zero-order valence-corrected chi connectivity index (χ0v) is 17.6. The number of unbranched alkanes of at least 4 members (excludes halogenated alkanes) is 1. The highest BCUT2D eigenvalue weighted by molar-refractivity contribution is 5.74. The molecule has 2 amide bonds. The summed E-state index contributed by atoms with van der Waals surface area (Å²) in [6.45, 7) is 4.69. The highest BCUT2D eigenvalue weighted by Gasteiger charge is 2.26. The number of piperidine rings is 1. The van der Waals surface area contributed by atoms with E-state index >= 15 is 0 Å². The van der Waals surface area contributed by atoms with Gasteiger partial charge in [0.25, 0.3) is 0 Å². The molecule has 0 saturated carbocycles. The third-order valence-electron chi connectivity index (χ3n) is 5.32. The van der Waals surface area contributed by atoms with Crippen molar-refractivity contribution in [2.24, 2.45) is 7.05 Å². The molecule has 0 atom stereocenters. The van der Waals surface area contributed by atoms with Crippen molar-refractivity contribution >= 4 is 6.03 Å². The van der Waals surface area contributed by atoms with E-state index in [0.717, 1.165) is 55.9 Å². The molecule has 1 saturated heterocycles. The molecule has 1 aromatic heterocycles. The number of amides is 2. The Balaban J connectivity index is 1.48. The van der Waals surface area contributed by atoms with Crippen LogP contribution in [0.2, 0.25) is 0 Å². The number of rotatable bonds is 8. The van der Waals surface area contributed by atoms with Crippen LogP contribution in [0, 0.1) is 0 Å². The van der Waals surface area contributed by atoms with Gasteiger partial charge in [-0.1, -0.05) is 19.4 Å². The first-order valence-corrected chi connectivity index (χ1v) is 10.3. The van der Waals surface area contributed by atoms with E-state index in [0.29, 0.717) is 24.8 Å². The predicted octanol–water partition coefficient (Wildman–Crippen LogP) is 3.09. The number of ether oxygens (including phenoxy) is 2. The Bertz CT molecular complexity index is 799. The van der Waals surface area contributed by atoms with E-state index in [1.54, 1.807) is 13.4 Å². The first-order chi connectivity index (χ1) is 14.1. The van der Waals surface area contributed by atoms with Crippen molar-refractivity contribution in [3.8, 4) is 11.5 Å². The van der Waals surface area contributed by atoms with E-state index in [2.05, 4.69) is 22.4 Å². The quantitative estimate of drug-likeness (QED) is 0.688. The van der Waals surface area contributed by atoms with Gasteiger partial charge in [0.2, 0.25) is 0 Å². The summed E-state index contributed by atoms with van der Waals surface area (Å²) in [6.07, 6.45) is 5.62. The number of benzene rings is 1. The van der Waals surface area contributed by atoms with Crippen LogP contribution in [0.15, 0.2) is 24.5 Å². The Morgan fingerprint density at radius 3 is 2.72 bits per heavy atom. The second-order valence-corrected chi connectivity index (χ2v) is 7.41. The Kier molecular flexibility index (Phi) is 7.32. The fourth-order valence-corrected chi connectivity index (χ4v) is 3.56. The second-order valence-electron chi connectivity index (χ2n) is 7.41. The predicted molar refractivity (Wildman–Crippen MR) is 110 cm³/mol. The molecular weight excluding hydrogens is 370 g/mol. The van der Waals surface area contributed by atoms with E-state index in [4.69, 9.17) is 9.47 Å². The van der Waals surface area contributed by atoms with Gasteiger partial charge in [-0.05, 0) is 37.0 Å². The van der Waals surface area contributed by atoms with Crippen LogP contribution in [0.1, 0.15) is 49.9 Å². The third-order valence-corrected chi connectivity index (χ3v) is 5.32. The number of urea groups is 1. The number of hydrogen-bond donors (Lipinski definition) is 1. The maximum Gasteiger partial charge on any atom is 0.317 e. The van der Waals surface area contributed by atoms with Crippen LogP contribution in [0.3, 0.4) is 0 Å². The van der Waals surface area contributed by atoms with Gasteiger partial charge >= 0.3 is 6.03 Å². The van der Waals surface area contributed by atoms with Crippen LogP contribution >= 0.6 is 0 Å². The van der Waals surface area contributed by atoms with Crippen LogP contribution < -0.4 is 14.8 Å². The third kappa shape index (κ3) is 5.40. The van der Waals surface area contributed by atoms with E-state index in [1.807, 2.05) is 34.7 Å². The van der Waals surface area contributed by atoms with Gasteiger partial charge in [-0.25, -0.2) is 4.79 Å². The lowest BCUT2D eigenvalue weighted by atomic mass is 9.96. The summed E-state index contributed by atoms with van der Waals surface area (Å²) < 4.78 is 13.2. The zero-order chi connectivity index (χ0) is 20.6. The molecule has 1 N–H and O–H groups in total. The minimum Gasteiger partial charge on any atom is -0.493 e. The van der Waals surface area contributed by atoms with Crippen LogP contribution in [0.4, 0.5) is 4.79 Å². The topological polar surface area (TPSA) is 81.5 Å². The number of nitrogens with one attached hydrogen (secondary N) is 1. The van der Waals surface area contributed by atoms with Gasteiger partial charge in [0, 0.05) is 32.6 Å². The molecule has 0 aliphatic carbocycles. The molecule has 29 heavy (non-hydrogen) atoms. The maximum absolute atomic E-state index is 12.6. The number of carbonyl (C=O) groups is 1. The molecule has 0 unspecified atom stereocenters. The molecule has 1 aliphatic heterocycles. The fourth-order valence-electron chi connectivity index (χ4n) is 3.56. The average Bonchev–Trinajstić information content (AvgIpc) is 3.18. The number of aromatic nitrogens is 3.